The van der Waals surface area contributed by atoms with E-state index in [4.69, 9.17) is 9.72 Å². The molecule has 0 atom stereocenters. The van der Waals surface area contributed by atoms with Gasteiger partial charge in [-0.05, 0) is 45.9 Å². The van der Waals surface area contributed by atoms with Crippen LogP contribution in [0.15, 0.2) is 58.1 Å². The quantitative estimate of drug-likeness (QED) is 0.297. The number of ether oxygens (including phenoxy) is 1. The van der Waals surface area contributed by atoms with Crippen LogP contribution in [-0.4, -0.2) is 53.0 Å². The van der Waals surface area contributed by atoms with E-state index in [1.807, 2.05) is 35.8 Å². The van der Waals surface area contributed by atoms with Crippen molar-refractivity contribution in [2.24, 2.45) is 5.92 Å². The topological polar surface area (TPSA) is 126 Å². The molecule has 1 N–H and O–H groups in total. The smallest absolute Gasteiger partial charge is 0.332 e. The van der Waals surface area contributed by atoms with E-state index in [0.717, 1.165) is 40.9 Å². The van der Waals surface area contributed by atoms with E-state index in [9.17, 15) is 9.59 Å². The summed E-state index contributed by atoms with van der Waals surface area (Å²) in [7, 11) is 1.57. The molecule has 1 aliphatic rings. The average molecular weight is 527 g/mol. The number of aryl methyl sites for hydroxylation is 1. The van der Waals surface area contributed by atoms with E-state index in [1.54, 1.807) is 11.7 Å². The van der Waals surface area contributed by atoms with Crippen LogP contribution in [0.1, 0.15) is 31.2 Å². The minimum atomic E-state index is -0.322. The molecule has 39 heavy (non-hydrogen) atoms. The van der Waals surface area contributed by atoms with Crippen LogP contribution < -0.4 is 11.2 Å². The molecule has 0 amide bonds. The maximum atomic E-state index is 13.7. The van der Waals surface area contributed by atoms with Gasteiger partial charge in [-0.25, -0.2) is 14.9 Å². The molecule has 6 rings (SSSR count). The molecular weight excluding hydrogens is 496 g/mol. The second-order valence-electron chi connectivity index (χ2n) is 9.92. The molecule has 0 unspecified atom stereocenters. The Morgan fingerprint density at radius 3 is 2.44 bits per heavy atom. The van der Waals surface area contributed by atoms with E-state index >= 15 is 0 Å². The summed E-state index contributed by atoms with van der Waals surface area (Å²) in [6, 6.07) is 16.2. The van der Waals surface area contributed by atoms with Crippen molar-refractivity contribution in [3.05, 3.63) is 80.8 Å². The van der Waals surface area contributed by atoms with Gasteiger partial charge in [-0.15, -0.1) is 5.10 Å². The lowest BCUT2D eigenvalue weighted by atomic mass is 9.98. The maximum Gasteiger partial charge on any atom is 0.332 e. The van der Waals surface area contributed by atoms with Crippen molar-refractivity contribution in [2.75, 3.05) is 13.7 Å². The Hall–Kier alpha value is -4.38. The normalized spacial score (nSPS) is 13.4. The van der Waals surface area contributed by atoms with E-state index in [0.29, 0.717) is 42.4 Å². The molecular formula is C28H30N8O3. The summed E-state index contributed by atoms with van der Waals surface area (Å²) in [5, 5.41) is 14.3. The van der Waals surface area contributed by atoms with Crippen LogP contribution in [0.3, 0.4) is 0 Å². The predicted octanol–water partition coefficient (Wildman–Crippen LogP) is 2.87. The highest BCUT2D eigenvalue weighted by Crippen LogP contribution is 2.31. The average Bonchev–Trinajstić information content (AvgIpc) is 3.47. The third-order valence-corrected chi connectivity index (χ3v) is 7.30. The van der Waals surface area contributed by atoms with Crippen LogP contribution >= 0.6 is 0 Å². The van der Waals surface area contributed by atoms with Gasteiger partial charge in [0.05, 0.1) is 13.2 Å². The zero-order valence-electron chi connectivity index (χ0n) is 22.0. The third kappa shape index (κ3) is 4.69. The number of aromatic amines is 1. The third-order valence-electron chi connectivity index (χ3n) is 7.30. The van der Waals surface area contributed by atoms with Crippen molar-refractivity contribution in [2.45, 2.75) is 45.8 Å². The molecule has 2 aromatic carbocycles. The van der Waals surface area contributed by atoms with Crippen LogP contribution in [0.4, 0.5) is 0 Å². The fourth-order valence-corrected chi connectivity index (χ4v) is 5.07. The summed E-state index contributed by atoms with van der Waals surface area (Å²) in [6.45, 7) is 3.55. The highest BCUT2D eigenvalue weighted by molar-refractivity contribution is 5.80. The summed E-state index contributed by atoms with van der Waals surface area (Å²) in [4.78, 5) is 31.8. The van der Waals surface area contributed by atoms with Crippen molar-refractivity contribution in [1.82, 2.24) is 39.3 Å². The Morgan fingerprint density at radius 2 is 1.77 bits per heavy atom. The second kappa shape index (κ2) is 10.4. The molecule has 1 fully saturated rings. The summed E-state index contributed by atoms with van der Waals surface area (Å²) in [6.07, 6.45) is 2.82. The van der Waals surface area contributed by atoms with Crippen molar-refractivity contribution < 1.29 is 4.74 Å². The number of methoxy groups -OCH3 is 1. The van der Waals surface area contributed by atoms with Gasteiger partial charge in [0, 0.05) is 32.2 Å². The number of H-pyrrole nitrogens is 1. The van der Waals surface area contributed by atoms with Gasteiger partial charge in [0.1, 0.15) is 5.82 Å². The van der Waals surface area contributed by atoms with Gasteiger partial charge < -0.3 is 9.30 Å². The Kier molecular flexibility index (Phi) is 6.65. The lowest BCUT2D eigenvalue weighted by Crippen LogP contribution is -2.41. The first-order chi connectivity index (χ1) is 19.1. The van der Waals surface area contributed by atoms with Gasteiger partial charge in [0.25, 0.3) is 5.56 Å². The fraction of sp³-hybridized carbons (Fsp3) is 0.357. The fourth-order valence-electron chi connectivity index (χ4n) is 5.07. The molecule has 3 heterocycles. The Bertz CT molecular complexity index is 1730. The number of aromatic nitrogens is 8. The molecule has 0 bridgehead atoms. The van der Waals surface area contributed by atoms with Gasteiger partial charge in [0.2, 0.25) is 0 Å². The number of benzene rings is 2. The van der Waals surface area contributed by atoms with E-state index in [-0.39, 0.29) is 24.4 Å². The Balaban J connectivity index is 1.41. The molecule has 1 aliphatic carbocycles. The molecule has 0 radical (unpaired) electrons. The first-order valence-electron chi connectivity index (χ1n) is 13.2. The number of nitrogens with zero attached hydrogens (tertiary/aromatic N) is 7. The molecule has 11 heteroatoms. The van der Waals surface area contributed by atoms with Gasteiger partial charge in [-0.1, -0.05) is 55.5 Å². The number of imidazole rings is 1. The number of hydrogen-bond donors (Lipinski definition) is 1. The number of tetrazole rings is 1. The number of fused-ring (bicyclic) bond motifs is 1. The molecule has 0 aliphatic heterocycles. The monoisotopic (exact) mass is 526 g/mol. The van der Waals surface area contributed by atoms with Crippen LogP contribution in [-0.2, 0) is 30.8 Å². The van der Waals surface area contributed by atoms with Crippen LogP contribution in [0, 0.1) is 5.92 Å². The molecule has 11 nitrogen and oxygen atoms in total. The molecule has 0 saturated heterocycles. The summed E-state index contributed by atoms with van der Waals surface area (Å²) >= 11 is 0. The van der Waals surface area contributed by atoms with E-state index < -0.39 is 0 Å². The molecule has 5 aromatic rings. The minimum Gasteiger partial charge on any atom is -0.383 e. The Morgan fingerprint density at radius 1 is 1.00 bits per heavy atom. The van der Waals surface area contributed by atoms with Crippen LogP contribution in [0.25, 0.3) is 33.7 Å². The first-order valence-corrected chi connectivity index (χ1v) is 13.2. The predicted molar refractivity (Wildman–Crippen MR) is 146 cm³/mol. The highest BCUT2D eigenvalue weighted by atomic mass is 16.5. The van der Waals surface area contributed by atoms with E-state index in [2.05, 4.69) is 44.9 Å². The standard InChI is InChI=1S/C28H30N8O3/c1-3-23-29-26-24(27(37)34(14-15-39-2)28(38)36(26)17-18-8-9-18)35(23)16-19-10-12-20(13-11-19)21-6-4-5-7-22(21)25-30-32-33-31-25/h4-7,10-13,18H,3,8-9,14-17H2,1-2H3,(H,30,31,32,33). The zero-order chi connectivity index (χ0) is 26.9. The van der Waals surface area contributed by atoms with Crippen molar-refractivity contribution >= 4 is 11.2 Å². The summed E-state index contributed by atoms with van der Waals surface area (Å²) in [5.41, 5.74) is 4.28. The van der Waals surface area contributed by atoms with Crippen molar-refractivity contribution in [3.8, 4) is 22.5 Å². The highest BCUT2D eigenvalue weighted by Gasteiger charge is 2.27. The molecule has 3 aromatic heterocycles. The lowest BCUT2D eigenvalue weighted by Gasteiger charge is -2.13. The molecule has 0 spiro atoms. The maximum absolute atomic E-state index is 13.7. The second-order valence-corrected chi connectivity index (χ2v) is 9.92. The SMILES string of the molecule is CCc1nc2c(c(=O)n(CCOC)c(=O)n2CC2CC2)n1Cc1ccc(-c2ccccc2-c2nnn[nH]2)cc1. The zero-order valence-corrected chi connectivity index (χ0v) is 22.0. The van der Waals surface area contributed by atoms with Crippen molar-refractivity contribution in [3.63, 3.8) is 0 Å². The molecule has 1 saturated carbocycles. The van der Waals surface area contributed by atoms with Gasteiger partial charge in [-0.2, -0.15) is 0 Å². The first kappa shape index (κ1) is 24.9. The Labute approximate surface area is 224 Å². The largest absolute Gasteiger partial charge is 0.383 e. The van der Waals surface area contributed by atoms with E-state index in [1.165, 1.54) is 4.57 Å². The summed E-state index contributed by atoms with van der Waals surface area (Å²) in [5.74, 6) is 1.84. The number of nitrogens with one attached hydrogen (secondary N) is 1. The van der Waals surface area contributed by atoms with Gasteiger partial charge in [0.15, 0.2) is 17.0 Å². The van der Waals surface area contributed by atoms with Crippen LogP contribution in [0.2, 0.25) is 0 Å². The summed E-state index contributed by atoms with van der Waals surface area (Å²) < 4.78 is 10.1. The number of hydrogen-bond acceptors (Lipinski definition) is 7. The lowest BCUT2D eigenvalue weighted by molar-refractivity contribution is 0.184. The molecule has 200 valence electrons. The van der Waals surface area contributed by atoms with Gasteiger partial charge in [-0.3, -0.25) is 13.9 Å². The minimum absolute atomic E-state index is 0.205. The number of rotatable bonds is 10. The van der Waals surface area contributed by atoms with Crippen molar-refractivity contribution in [1.29, 1.82) is 0 Å². The van der Waals surface area contributed by atoms with Crippen LogP contribution in [0.5, 0.6) is 0 Å². The van der Waals surface area contributed by atoms with Gasteiger partial charge >= 0.3 is 5.69 Å².